The van der Waals surface area contributed by atoms with Crippen LogP contribution in [-0.2, 0) is 20.7 Å². The molecule has 238 valence electrons. The molecule has 46 heavy (non-hydrogen) atoms. The van der Waals surface area contributed by atoms with Crippen molar-refractivity contribution in [2.45, 2.75) is 51.0 Å². The number of methoxy groups -OCH3 is 1. The van der Waals surface area contributed by atoms with Crippen molar-refractivity contribution >= 4 is 29.0 Å². The van der Waals surface area contributed by atoms with Crippen molar-refractivity contribution in [1.82, 2.24) is 0 Å². The lowest BCUT2D eigenvalue weighted by Crippen LogP contribution is -2.34. The van der Waals surface area contributed by atoms with E-state index in [0.29, 0.717) is 54.5 Å². The summed E-state index contributed by atoms with van der Waals surface area (Å²) >= 11 is 0. The lowest BCUT2D eigenvalue weighted by atomic mass is 10.00. The first-order valence-electron chi connectivity index (χ1n) is 16.1. The topological polar surface area (TPSA) is 84.9 Å². The van der Waals surface area contributed by atoms with Gasteiger partial charge < -0.3 is 19.7 Å². The molecule has 0 spiro atoms. The summed E-state index contributed by atoms with van der Waals surface area (Å²) < 4.78 is 11.2. The average Bonchev–Trinajstić information content (AvgIpc) is 3.64. The molecule has 1 atom stereocenters. The van der Waals surface area contributed by atoms with Crippen LogP contribution in [-0.4, -0.2) is 44.0 Å². The summed E-state index contributed by atoms with van der Waals surface area (Å²) in [5.74, 6) is 0.912. The fourth-order valence-corrected chi connectivity index (χ4v) is 6.05. The summed E-state index contributed by atoms with van der Waals surface area (Å²) in [6, 6.07) is 32.8. The standard InChI is InChI=1S/C39H42N2O5/c1-45-39(44)36(40-35-19-11-10-18-34(35)38(43)31-14-4-2-5-15-31)28-30-20-23-33(24-21-30)46-27-26-41(32-16-6-3-7-17-32)37(42)25-22-29-12-8-9-13-29/h2-7,10-11,14-21,23-24,29,36,40H,8-9,12-13,22,25-28H2,1H3/t36-/m0/s1. The number of rotatable bonds is 15. The Morgan fingerprint density at radius 3 is 2.17 bits per heavy atom. The largest absolute Gasteiger partial charge is 0.492 e. The van der Waals surface area contributed by atoms with E-state index in [0.717, 1.165) is 17.7 Å². The summed E-state index contributed by atoms with van der Waals surface area (Å²) in [6.07, 6.45) is 6.85. The van der Waals surface area contributed by atoms with Gasteiger partial charge in [-0.25, -0.2) is 4.79 Å². The van der Waals surface area contributed by atoms with Crippen molar-refractivity contribution in [1.29, 1.82) is 0 Å². The highest BCUT2D eigenvalue weighted by Crippen LogP contribution is 2.29. The monoisotopic (exact) mass is 618 g/mol. The van der Waals surface area contributed by atoms with Crippen LogP contribution < -0.4 is 15.0 Å². The molecule has 0 unspecified atom stereocenters. The van der Waals surface area contributed by atoms with Gasteiger partial charge in [0.2, 0.25) is 5.91 Å². The zero-order chi connectivity index (χ0) is 32.1. The van der Waals surface area contributed by atoms with Crippen LogP contribution in [0.15, 0.2) is 109 Å². The van der Waals surface area contributed by atoms with Gasteiger partial charge in [0.15, 0.2) is 5.78 Å². The van der Waals surface area contributed by atoms with E-state index in [2.05, 4.69) is 5.32 Å². The highest BCUT2D eigenvalue weighted by Gasteiger charge is 2.23. The van der Waals surface area contributed by atoms with Crippen molar-refractivity contribution in [3.05, 3.63) is 126 Å². The molecule has 0 heterocycles. The van der Waals surface area contributed by atoms with Gasteiger partial charge in [-0.15, -0.1) is 0 Å². The van der Waals surface area contributed by atoms with Crippen LogP contribution in [0.25, 0.3) is 0 Å². The Kier molecular flexibility index (Phi) is 11.6. The highest BCUT2D eigenvalue weighted by atomic mass is 16.5. The number of nitrogens with one attached hydrogen (secondary N) is 1. The molecule has 7 heteroatoms. The number of carbonyl (C=O) groups excluding carboxylic acids is 3. The number of para-hydroxylation sites is 2. The molecular formula is C39H42N2O5. The van der Waals surface area contributed by atoms with Gasteiger partial charge in [-0.3, -0.25) is 9.59 Å². The Labute approximate surface area is 271 Å². The van der Waals surface area contributed by atoms with Gasteiger partial charge in [0.05, 0.1) is 13.7 Å². The highest BCUT2D eigenvalue weighted by molar-refractivity contribution is 6.12. The molecule has 1 amide bonds. The van der Waals surface area contributed by atoms with Crippen LogP contribution in [0.2, 0.25) is 0 Å². The number of anilines is 2. The molecule has 1 fully saturated rings. The fraction of sp³-hybridized carbons (Fsp3) is 0.308. The van der Waals surface area contributed by atoms with Gasteiger partial charge in [0.1, 0.15) is 18.4 Å². The van der Waals surface area contributed by atoms with Crippen molar-refractivity contribution in [2.75, 3.05) is 30.5 Å². The predicted molar refractivity (Wildman–Crippen MR) is 181 cm³/mol. The van der Waals surface area contributed by atoms with Crippen molar-refractivity contribution in [3.8, 4) is 5.75 Å². The van der Waals surface area contributed by atoms with Crippen LogP contribution in [0.4, 0.5) is 11.4 Å². The SMILES string of the molecule is COC(=O)[C@H](Cc1ccc(OCCN(C(=O)CCC2CCCC2)c2ccccc2)cc1)Nc1ccccc1C(=O)c1ccccc1. The van der Waals surface area contributed by atoms with Crippen LogP contribution in [0.1, 0.15) is 60.0 Å². The van der Waals surface area contributed by atoms with E-state index < -0.39 is 12.0 Å². The van der Waals surface area contributed by atoms with Crippen molar-refractivity contribution in [3.63, 3.8) is 0 Å². The molecule has 4 aromatic rings. The number of ether oxygens (including phenoxy) is 2. The van der Waals surface area contributed by atoms with Crippen LogP contribution in [0, 0.1) is 5.92 Å². The summed E-state index contributed by atoms with van der Waals surface area (Å²) in [7, 11) is 1.35. The summed E-state index contributed by atoms with van der Waals surface area (Å²) in [6.45, 7) is 0.798. The first kappa shape index (κ1) is 32.5. The molecule has 0 aromatic heterocycles. The second-order valence-electron chi connectivity index (χ2n) is 11.7. The molecule has 1 aliphatic rings. The number of amides is 1. The normalized spacial score (nSPS) is 13.5. The molecule has 0 aliphatic heterocycles. The zero-order valence-corrected chi connectivity index (χ0v) is 26.4. The summed E-state index contributed by atoms with van der Waals surface area (Å²) in [5, 5.41) is 3.25. The minimum absolute atomic E-state index is 0.129. The van der Waals surface area contributed by atoms with Crippen LogP contribution in [0.3, 0.4) is 0 Å². The lowest BCUT2D eigenvalue weighted by Gasteiger charge is -2.24. The van der Waals surface area contributed by atoms with E-state index >= 15 is 0 Å². The van der Waals surface area contributed by atoms with E-state index in [9.17, 15) is 14.4 Å². The first-order valence-corrected chi connectivity index (χ1v) is 16.1. The maximum Gasteiger partial charge on any atom is 0.328 e. The molecule has 0 radical (unpaired) electrons. The second kappa shape index (κ2) is 16.4. The molecule has 4 aromatic carbocycles. The van der Waals surface area contributed by atoms with Gasteiger partial charge in [0.25, 0.3) is 0 Å². The molecule has 1 N–H and O–H groups in total. The lowest BCUT2D eigenvalue weighted by molar-refractivity contribution is -0.141. The maximum absolute atomic E-state index is 13.2. The third-order valence-corrected chi connectivity index (χ3v) is 8.58. The third-order valence-electron chi connectivity index (χ3n) is 8.58. The fourth-order valence-electron chi connectivity index (χ4n) is 6.05. The summed E-state index contributed by atoms with van der Waals surface area (Å²) in [4.78, 5) is 41.1. The number of esters is 1. The molecule has 1 saturated carbocycles. The minimum atomic E-state index is -0.712. The molecule has 0 saturated heterocycles. The van der Waals surface area contributed by atoms with E-state index in [1.807, 2.05) is 83.8 Å². The van der Waals surface area contributed by atoms with E-state index in [-0.39, 0.29) is 11.7 Å². The zero-order valence-electron chi connectivity index (χ0n) is 26.4. The van der Waals surface area contributed by atoms with Crippen LogP contribution in [0.5, 0.6) is 5.75 Å². The van der Waals surface area contributed by atoms with Gasteiger partial charge >= 0.3 is 5.97 Å². The van der Waals surface area contributed by atoms with Crippen LogP contribution >= 0.6 is 0 Å². The van der Waals surface area contributed by atoms with Gasteiger partial charge in [0, 0.05) is 35.3 Å². The number of hydrogen-bond donors (Lipinski definition) is 1. The molecule has 5 rings (SSSR count). The Morgan fingerprint density at radius 2 is 1.48 bits per heavy atom. The number of nitrogens with zero attached hydrogens (tertiary/aromatic N) is 1. The van der Waals surface area contributed by atoms with E-state index in [1.165, 1.54) is 32.8 Å². The van der Waals surface area contributed by atoms with Crippen molar-refractivity contribution in [2.24, 2.45) is 5.92 Å². The van der Waals surface area contributed by atoms with Gasteiger partial charge in [-0.05, 0) is 54.3 Å². The molecular weight excluding hydrogens is 576 g/mol. The van der Waals surface area contributed by atoms with E-state index in [1.54, 1.807) is 30.3 Å². The Balaban J connectivity index is 1.20. The Morgan fingerprint density at radius 1 is 0.826 bits per heavy atom. The number of carbonyl (C=O) groups is 3. The second-order valence-corrected chi connectivity index (χ2v) is 11.7. The molecule has 0 bridgehead atoms. The van der Waals surface area contributed by atoms with E-state index in [4.69, 9.17) is 9.47 Å². The number of benzene rings is 4. The maximum atomic E-state index is 13.2. The molecule has 7 nitrogen and oxygen atoms in total. The van der Waals surface area contributed by atoms with Crippen molar-refractivity contribution < 1.29 is 23.9 Å². The molecule has 1 aliphatic carbocycles. The number of hydrogen-bond acceptors (Lipinski definition) is 6. The van der Waals surface area contributed by atoms with Gasteiger partial charge in [-0.2, -0.15) is 0 Å². The Bertz CT molecular complexity index is 1570. The third kappa shape index (κ3) is 8.84. The predicted octanol–water partition coefficient (Wildman–Crippen LogP) is 7.50. The summed E-state index contributed by atoms with van der Waals surface area (Å²) in [5.41, 5.74) is 3.39. The van der Waals surface area contributed by atoms with Gasteiger partial charge in [-0.1, -0.05) is 98.5 Å². The first-order chi connectivity index (χ1) is 22.5. The average molecular weight is 619 g/mol. The number of ketones is 1. The Hall–Kier alpha value is -4.91. The smallest absolute Gasteiger partial charge is 0.328 e. The minimum Gasteiger partial charge on any atom is -0.492 e. The quantitative estimate of drug-likeness (QED) is 0.110.